The Morgan fingerprint density at radius 2 is 2.25 bits per heavy atom. The van der Waals surface area contributed by atoms with Crippen molar-refractivity contribution in [3.05, 3.63) is 17.0 Å². The van der Waals surface area contributed by atoms with Gasteiger partial charge in [-0.1, -0.05) is 13.3 Å². The summed E-state index contributed by atoms with van der Waals surface area (Å²) in [5.41, 5.74) is 0.441. The molecule has 0 aromatic carbocycles. The van der Waals surface area contributed by atoms with E-state index in [1.807, 2.05) is 6.92 Å². The lowest BCUT2D eigenvalue weighted by atomic mass is 10.3. The lowest BCUT2D eigenvalue weighted by Gasteiger charge is -2.26. The number of hydrogen-bond acceptors (Lipinski definition) is 4. The SMILES string of the molecule is CCCCN1C(=O)c2ccsc2NS1(=O)=O. The van der Waals surface area contributed by atoms with Gasteiger partial charge in [-0.2, -0.15) is 8.42 Å². The summed E-state index contributed by atoms with van der Waals surface area (Å²) in [5.74, 6) is -0.427. The second-order valence-corrected chi connectivity index (χ2v) is 6.01. The molecule has 0 radical (unpaired) electrons. The topological polar surface area (TPSA) is 66.5 Å². The van der Waals surface area contributed by atoms with Gasteiger partial charge in [0.25, 0.3) is 5.91 Å². The van der Waals surface area contributed by atoms with Crippen molar-refractivity contribution in [2.45, 2.75) is 19.8 Å². The minimum Gasteiger partial charge on any atom is -0.268 e. The molecule has 0 spiro atoms. The Balaban J connectivity index is 2.36. The summed E-state index contributed by atoms with van der Waals surface area (Å²) < 4.78 is 26.8. The van der Waals surface area contributed by atoms with Crippen LogP contribution in [-0.4, -0.2) is 25.2 Å². The molecule has 0 saturated carbocycles. The van der Waals surface area contributed by atoms with Gasteiger partial charge in [-0.3, -0.25) is 9.52 Å². The molecule has 0 fully saturated rings. The third kappa shape index (κ3) is 1.80. The number of nitrogens with zero attached hydrogens (tertiary/aromatic N) is 1. The van der Waals surface area contributed by atoms with Gasteiger partial charge in [0.2, 0.25) is 0 Å². The number of carbonyl (C=O) groups excluding carboxylic acids is 1. The zero-order chi connectivity index (χ0) is 11.8. The molecule has 1 aliphatic heterocycles. The van der Waals surface area contributed by atoms with E-state index >= 15 is 0 Å². The highest BCUT2D eigenvalue weighted by Gasteiger charge is 2.35. The largest absolute Gasteiger partial charge is 0.327 e. The van der Waals surface area contributed by atoms with E-state index < -0.39 is 16.1 Å². The Morgan fingerprint density at radius 3 is 2.94 bits per heavy atom. The maximum absolute atomic E-state index is 11.9. The molecular formula is C9H12N2O3S2. The number of amides is 1. The summed E-state index contributed by atoms with van der Waals surface area (Å²) in [6.07, 6.45) is 1.52. The van der Waals surface area contributed by atoms with Crippen molar-refractivity contribution in [3.63, 3.8) is 0 Å². The molecule has 1 aromatic heterocycles. The molecule has 7 heteroatoms. The first kappa shape index (κ1) is 11.4. The summed E-state index contributed by atoms with van der Waals surface area (Å²) in [6.45, 7) is 2.18. The molecule has 1 amide bonds. The van der Waals surface area contributed by atoms with Gasteiger partial charge in [-0.05, 0) is 17.9 Å². The average Bonchev–Trinajstić information content (AvgIpc) is 2.64. The van der Waals surface area contributed by atoms with Crippen LogP contribution >= 0.6 is 11.3 Å². The van der Waals surface area contributed by atoms with Crippen molar-refractivity contribution < 1.29 is 13.2 Å². The first-order valence-electron chi connectivity index (χ1n) is 4.98. The van der Waals surface area contributed by atoms with E-state index in [0.717, 1.165) is 10.7 Å². The second-order valence-electron chi connectivity index (χ2n) is 3.50. The van der Waals surface area contributed by atoms with Crippen LogP contribution in [0, 0.1) is 0 Å². The van der Waals surface area contributed by atoms with E-state index in [2.05, 4.69) is 4.72 Å². The Kier molecular flexibility index (Phi) is 2.90. The third-order valence-corrected chi connectivity index (χ3v) is 4.70. The molecule has 5 nitrogen and oxygen atoms in total. The molecule has 2 heterocycles. The Hall–Kier alpha value is -1.08. The number of thiophene rings is 1. The molecule has 0 saturated heterocycles. The Morgan fingerprint density at radius 1 is 1.50 bits per heavy atom. The number of hydrogen-bond donors (Lipinski definition) is 1. The number of fused-ring (bicyclic) bond motifs is 1. The van der Waals surface area contributed by atoms with E-state index in [9.17, 15) is 13.2 Å². The first-order valence-corrected chi connectivity index (χ1v) is 7.30. The number of nitrogens with one attached hydrogen (secondary N) is 1. The summed E-state index contributed by atoms with van der Waals surface area (Å²) in [4.78, 5) is 11.9. The van der Waals surface area contributed by atoms with Crippen molar-refractivity contribution in [1.29, 1.82) is 0 Å². The molecule has 0 atom stereocenters. The molecule has 1 aromatic rings. The first-order chi connectivity index (χ1) is 7.56. The lowest BCUT2D eigenvalue weighted by molar-refractivity contribution is 0.0859. The van der Waals surface area contributed by atoms with E-state index in [0.29, 0.717) is 17.0 Å². The number of rotatable bonds is 3. The normalized spacial score (nSPS) is 18.1. The summed E-state index contributed by atoms with van der Waals surface area (Å²) >= 11 is 1.22. The summed E-state index contributed by atoms with van der Waals surface area (Å²) in [6, 6.07) is 1.64. The van der Waals surface area contributed by atoms with Gasteiger partial charge in [-0.15, -0.1) is 11.3 Å². The van der Waals surface area contributed by atoms with Gasteiger partial charge in [-0.25, -0.2) is 4.31 Å². The second kappa shape index (κ2) is 4.06. The van der Waals surface area contributed by atoms with Crippen LogP contribution in [0.1, 0.15) is 30.1 Å². The van der Waals surface area contributed by atoms with E-state index in [1.165, 1.54) is 11.3 Å². The highest BCUT2D eigenvalue weighted by molar-refractivity contribution is 7.91. The summed E-state index contributed by atoms with van der Waals surface area (Å²) in [5, 5.41) is 2.12. The van der Waals surface area contributed by atoms with Crippen molar-refractivity contribution in [3.8, 4) is 0 Å². The number of carbonyl (C=O) groups is 1. The van der Waals surface area contributed by atoms with Gasteiger partial charge < -0.3 is 0 Å². The molecule has 1 N–H and O–H groups in total. The minimum atomic E-state index is -3.68. The standard InChI is InChI=1S/C9H12N2O3S2/c1-2-3-5-11-9(12)7-4-6-15-8(7)10-16(11,13)14/h4,6,10H,2-3,5H2,1H3. The van der Waals surface area contributed by atoms with E-state index in [4.69, 9.17) is 0 Å². The molecule has 1 aliphatic rings. The van der Waals surface area contributed by atoms with Crippen LogP contribution in [0.3, 0.4) is 0 Å². The van der Waals surface area contributed by atoms with Crippen LogP contribution in [0.25, 0.3) is 0 Å². The Labute approximate surface area is 98.3 Å². The molecule has 0 bridgehead atoms. The average molecular weight is 260 g/mol. The maximum atomic E-state index is 11.9. The van der Waals surface area contributed by atoms with Crippen LogP contribution in [-0.2, 0) is 10.2 Å². The Bertz CT molecular complexity index is 507. The zero-order valence-electron chi connectivity index (χ0n) is 8.76. The van der Waals surface area contributed by atoms with Crippen LogP contribution < -0.4 is 4.72 Å². The van der Waals surface area contributed by atoms with Crippen molar-refractivity contribution in [2.75, 3.05) is 11.3 Å². The minimum absolute atomic E-state index is 0.236. The summed E-state index contributed by atoms with van der Waals surface area (Å²) in [7, 11) is -3.68. The molecule has 0 aliphatic carbocycles. The third-order valence-electron chi connectivity index (χ3n) is 2.35. The fourth-order valence-electron chi connectivity index (χ4n) is 1.50. The van der Waals surface area contributed by atoms with Gasteiger partial charge >= 0.3 is 10.2 Å². The van der Waals surface area contributed by atoms with Gasteiger partial charge in [0.1, 0.15) is 5.00 Å². The maximum Gasteiger partial charge on any atom is 0.327 e. The highest BCUT2D eigenvalue weighted by Crippen LogP contribution is 2.31. The van der Waals surface area contributed by atoms with Crippen LogP contribution in [0.2, 0.25) is 0 Å². The lowest BCUT2D eigenvalue weighted by Crippen LogP contribution is -2.44. The number of unbranched alkanes of at least 4 members (excludes halogenated alkanes) is 1. The van der Waals surface area contributed by atoms with Gasteiger partial charge in [0.15, 0.2) is 0 Å². The predicted molar refractivity (Wildman–Crippen MR) is 62.8 cm³/mol. The molecule has 16 heavy (non-hydrogen) atoms. The van der Waals surface area contributed by atoms with Crippen LogP contribution in [0.4, 0.5) is 5.00 Å². The van der Waals surface area contributed by atoms with Crippen LogP contribution in [0.15, 0.2) is 11.4 Å². The van der Waals surface area contributed by atoms with E-state index in [-0.39, 0.29) is 6.54 Å². The number of anilines is 1. The fraction of sp³-hybridized carbons (Fsp3) is 0.444. The van der Waals surface area contributed by atoms with E-state index in [1.54, 1.807) is 11.4 Å². The van der Waals surface area contributed by atoms with Crippen molar-refractivity contribution >= 4 is 32.5 Å². The molecule has 2 rings (SSSR count). The highest BCUT2D eigenvalue weighted by atomic mass is 32.2. The fourth-order valence-corrected chi connectivity index (χ4v) is 3.77. The quantitative estimate of drug-likeness (QED) is 0.898. The predicted octanol–water partition coefficient (Wildman–Crippen LogP) is 1.66. The monoisotopic (exact) mass is 260 g/mol. The smallest absolute Gasteiger partial charge is 0.268 e. The van der Waals surface area contributed by atoms with Gasteiger partial charge in [0.05, 0.1) is 5.56 Å². The zero-order valence-corrected chi connectivity index (χ0v) is 10.4. The molecular weight excluding hydrogens is 248 g/mol. The van der Waals surface area contributed by atoms with Crippen molar-refractivity contribution in [1.82, 2.24) is 4.31 Å². The van der Waals surface area contributed by atoms with Gasteiger partial charge in [0, 0.05) is 6.54 Å². The molecule has 0 unspecified atom stereocenters. The molecule has 88 valence electrons. The van der Waals surface area contributed by atoms with Crippen molar-refractivity contribution in [2.24, 2.45) is 0 Å². The van der Waals surface area contributed by atoms with Crippen LogP contribution in [0.5, 0.6) is 0 Å².